The van der Waals surface area contributed by atoms with Gasteiger partial charge in [-0.2, -0.15) is 13.2 Å². The number of anilines is 1. The highest BCUT2D eigenvalue weighted by Crippen LogP contribution is 2.34. The van der Waals surface area contributed by atoms with E-state index in [4.69, 9.17) is 0 Å². The number of alkyl halides is 3. The molecule has 0 amide bonds. The standard InChI is InChI=1S/C13H16F3N3O2/c14-13(15,16)9-3-4-11(12(8-9)19(20)21)18-7-5-10-2-1-6-17-10/h3-4,8,10,17-18H,1-2,5-7H2. The van der Waals surface area contributed by atoms with Crippen LogP contribution in [0.25, 0.3) is 0 Å². The normalized spacial score (nSPS) is 18.7. The minimum atomic E-state index is -4.59. The molecule has 1 unspecified atom stereocenters. The third-order valence-electron chi connectivity index (χ3n) is 3.49. The Morgan fingerprint density at radius 1 is 1.43 bits per heavy atom. The average Bonchev–Trinajstić information content (AvgIpc) is 2.90. The lowest BCUT2D eigenvalue weighted by molar-refractivity contribution is -0.384. The summed E-state index contributed by atoms with van der Waals surface area (Å²) in [5.41, 5.74) is -1.45. The largest absolute Gasteiger partial charge is 0.416 e. The number of hydrogen-bond donors (Lipinski definition) is 2. The molecule has 0 saturated carbocycles. The summed E-state index contributed by atoms with van der Waals surface area (Å²) >= 11 is 0. The third kappa shape index (κ3) is 4.07. The molecule has 21 heavy (non-hydrogen) atoms. The first kappa shape index (κ1) is 15.6. The van der Waals surface area contributed by atoms with Crippen molar-refractivity contribution in [3.8, 4) is 0 Å². The van der Waals surface area contributed by atoms with Crippen LogP contribution in [0.15, 0.2) is 18.2 Å². The molecule has 1 aliphatic heterocycles. The number of nitrogens with zero attached hydrogens (tertiary/aromatic N) is 1. The molecule has 0 bridgehead atoms. The van der Waals surface area contributed by atoms with Gasteiger partial charge in [-0.15, -0.1) is 0 Å². The lowest BCUT2D eigenvalue weighted by atomic mass is 10.1. The van der Waals surface area contributed by atoms with Crippen molar-refractivity contribution in [2.75, 3.05) is 18.4 Å². The lowest BCUT2D eigenvalue weighted by Gasteiger charge is -2.13. The number of nitro groups is 1. The van der Waals surface area contributed by atoms with Crippen molar-refractivity contribution in [2.45, 2.75) is 31.5 Å². The molecule has 5 nitrogen and oxygen atoms in total. The quantitative estimate of drug-likeness (QED) is 0.647. The van der Waals surface area contributed by atoms with Crippen LogP contribution < -0.4 is 10.6 Å². The fourth-order valence-corrected chi connectivity index (χ4v) is 2.39. The Hall–Kier alpha value is -1.83. The van der Waals surface area contributed by atoms with Crippen LogP contribution in [0.3, 0.4) is 0 Å². The number of hydrogen-bond acceptors (Lipinski definition) is 4. The Labute approximate surface area is 119 Å². The van der Waals surface area contributed by atoms with E-state index in [0.717, 1.165) is 37.9 Å². The van der Waals surface area contributed by atoms with Crippen molar-refractivity contribution in [1.29, 1.82) is 0 Å². The molecule has 0 aliphatic carbocycles. The van der Waals surface area contributed by atoms with E-state index in [-0.39, 0.29) is 5.69 Å². The predicted octanol–water partition coefficient (Wildman–Crippen LogP) is 3.17. The Kier molecular flexibility index (Phi) is 4.66. The Morgan fingerprint density at radius 3 is 2.76 bits per heavy atom. The van der Waals surface area contributed by atoms with E-state index in [9.17, 15) is 23.3 Å². The van der Waals surface area contributed by atoms with Crippen molar-refractivity contribution in [1.82, 2.24) is 5.32 Å². The van der Waals surface area contributed by atoms with Gasteiger partial charge in [0.2, 0.25) is 0 Å². The number of halogens is 3. The van der Waals surface area contributed by atoms with E-state index in [2.05, 4.69) is 10.6 Å². The molecule has 1 atom stereocenters. The zero-order valence-electron chi connectivity index (χ0n) is 11.2. The van der Waals surface area contributed by atoms with Crippen LogP contribution in [0.1, 0.15) is 24.8 Å². The third-order valence-corrected chi connectivity index (χ3v) is 3.49. The zero-order valence-corrected chi connectivity index (χ0v) is 11.2. The van der Waals surface area contributed by atoms with Gasteiger partial charge in [-0.05, 0) is 37.9 Å². The molecule has 1 aromatic rings. The zero-order chi connectivity index (χ0) is 15.5. The molecule has 1 aromatic carbocycles. The van der Waals surface area contributed by atoms with Crippen molar-refractivity contribution >= 4 is 11.4 Å². The second kappa shape index (κ2) is 6.30. The van der Waals surface area contributed by atoms with E-state index < -0.39 is 22.4 Å². The summed E-state index contributed by atoms with van der Waals surface area (Å²) in [6.07, 6.45) is -1.66. The highest BCUT2D eigenvalue weighted by molar-refractivity contribution is 5.62. The fourth-order valence-electron chi connectivity index (χ4n) is 2.39. The van der Waals surface area contributed by atoms with E-state index >= 15 is 0 Å². The first-order chi connectivity index (χ1) is 9.88. The Bertz CT molecular complexity index is 514. The van der Waals surface area contributed by atoms with Crippen LogP contribution in [-0.4, -0.2) is 24.1 Å². The molecule has 1 saturated heterocycles. The van der Waals surface area contributed by atoms with Crippen LogP contribution in [-0.2, 0) is 6.18 Å². The van der Waals surface area contributed by atoms with Crippen molar-refractivity contribution < 1.29 is 18.1 Å². The topological polar surface area (TPSA) is 67.2 Å². The summed E-state index contributed by atoms with van der Waals surface area (Å²) in [4.78, 5) is 10.1. The minimum Gasteiger partial charge on any atom is -0.379 e. The molecular formula is C13H16F3N3O2. The molecule has 0 aromatic heterocycles. The smallest absolute Gasteiger partial charge is 0.379 e. The summed E-state index contributed by atoms with van der Waals surface area (Å²) < 4.78 is 37.7. The first-order valence-corrected chi connectivity index (χ1v) is 6.71. The van der Waals surface area contributed by atoms with Gasteiger partial charge in [-0.25, -0.2) is 0 Å². The molecule has 0 spiro atoms. The number of rotatable bonds is 5. The molecule has 8 heteroatoms. The van der Waals surface area contributed by atoms with E-state index in [1.807, 2.05) is 0 Å². The second-order valence-electron chi connectivity index (χ2n) is 5.00. The van der Waals surface area contributed by atoms with Crippen molar-refractivity contribution in [3.05, 3.63) is 33.9 Å². The van der Waals surface area contributed by atoms with Gasteiger partial charge in [-0.1, -0.05) is 0 Å². The van der Waals surface area contributed by atoms with Gasteiger partial charge < -0.3 is 10.6 Å². The summed E-state index contributed by atoms with van der Waals surface area (Å²) in [7, 11) is 0. The maximum absolute atomic E-state index is 12.6. The van der Waals surface area contributed by atoms with E-state index in [0.29, 0.717) is 18.7 Å². The molecule has 1 heterocycles. The molecule has 2 N–H and O–H groups in total. The molecule has 116 valence electrons. The van der Waals surface area contributed by atoms with Crippen LogP contribution in [0.2, 0.25) is 0 Å². The Morgan fingerprint density at radius 2 is 2.19 bits per heavy atom. The number of benzene rings is 1. The number of nitro benzene ring substituents is 1. The van der Waals surface area contributed by atoms with Crippen LogP contribution >= 0.6 is 0 Å². The molecule has 2 rings (SSSR count). The Balaban J connectivity index is 2.05. The van der Waals surface area contributed by atoms with Gasteiger partial charge in [0.15, 0.2) is 0 Å². The maximum Gasteiger partial charge on any atom is 0.416 e. The molecular weight excluding hydrogens is 287 g/mol. The van der Waals surface area contributed by atoms with Crippen molar-refractivity contribution in [2.24, 2.45) is 0 Å². The maximum atomic E-state index is 12.6. The summed E-state index contributed by atoms with van der Waals surface area (Å²) in [6, 6.07) is 2.90. The van der Waals surface area contributed by atoms with Gasteiger partial charge in [0.1, 0.15) is 5.69 Å². The molecule has 1 aliphatic rings. The van der Waals surface area contributed by atoms with Gasteiger partial charge in [0.25, 0.3) is 5.69 Å². The summed E-state index contributed by atoms with van der Waals surface area (Å²) in [5.74, 6) is 0. The summed E-state index contributed by atoms with van der Waals surface area (Å²) in [5, 5.41) is 17.0. The van der Waals surface area contributed by atoms with Crippen LogP contribution in [0, 0.1) is 10.1 Å². The highest BCUT2D eigenvalue weighted by atomic mass is 19.4. The van der Waals surface area contributed by atoms with Gasteiger partial charge in [-0.3, -0.25) is 10.1 Å². The van der Waals surface area contributed by atoms with Gasteiger partial charge in [0.05, 0.1) is 10.5 Å². The van der Waals surface area contributed by atoms with Gasteiger partial charge >= 0.3 is 6.18 Å². The van der Waals surface area contributed by atoms with E-state index in [1.165, 1.54) is 0 Å². The van der Waals surface area contributed by atoms with Gasteiger partial charge in [0, 0.05) is 18.7 Å². The number of nitrogens with one attached hydrogen (secondary N) is 2. The van der Waals surface area contributed by atoms with Crippen LogP contribution in [0.5, 0.6) is 0 Å². The van der Waals surface area contributed by atoms with Crippen LogP contribution in [0.4, 0.5) is 24.5 Å². The first-order valence-electron chi connectivity index (χ1n) is 6.71. The fraction of sp³-hybridized carbons (Fsp3) is 0.538. The molecule has 1 fully saturated rings. The van der Waals surface area contributed by atoms with E-state index in [1.54, 1.807) is 0 Å². The lowest BCUT2D eigenvalue weighted by Crippen LogP contribution is -2.24. The summed E-state index contributed by atoms with van der Waals surface area (Å²) in [6.45, 7) is 1.44. The minimum absolute atomic E-state index is 0.117. The SMILES string of the molecule is O=[N+]([O-])c1cc(C(F)(F)F)ccc1NCCC1CCCN1. The monoisotopic (exact) mass is 303 g/mol. The second-order valence-corrected chi connectivity index (χ2v) is 5.00. The predicted molar refractivity (Wildman–Crippen MR) is 72.2 cm³/mol. The van der Waals surface area contributed by atoms with Crippen molar-refractivity contribution in [3.63, 3.8) is 0 Å². The average molecular weight is 303 g/mol. The molecule has 0 radical (unpaired) electrons. The highest BCUT2D eigenvalue weighted by Gasteiger charge is 2.33.